The first kappa shape index (κ1) is 12.4. The molecule has 4 heteroatoms. The van der Waals surface area contributed by atoms with E-state index < -0.39 is 0 Å². The van der Waals surface area contributed by atoms with Crippen molar-refractivity contribution in [1.82, 2.24) is 9.97 Å². The normalized spacial score (nSPS) is 11.9. The second-order valence-electron chi connectivity index (χ2n) is 4.07. The molecule has 0 aromatic carbocycles. The Kier molecular flexibility index (Phi) is 4.17. The molecule has 1 amide bonds. The number of hydrogen-bond donors (Lipinski definition) is 1. The molecule has 1 N–H and O–H groups in total. The number of aromatic nitrogens is 2. The molecule has 86 valence electrons. The summed E-state index contributed by atoms with van der Waals surface area (Å²) < 4.78 is 0. The van der Waals surface area contributed by atoms with Gasteiger partial charge in [0.05, 0.1) is 0 Å². The summed E-state index contributed by atoms with van der Waals surface area (Å²) in [6.45, 7) is 9.41. The van der Waals surface area contributed by atoms with E-state index in [2.05, 4.69) is 21.9 Å². The number of carbonyl (C=O) groups is 1. The third-order valence-corrected chi connectivity index (χ3v) is 2.13. The smallest absolute Gasteiger partial charge is 0.229 e. The SMILES string of the molecule is C=C(C)C[C@@H](C)C(=O)Nc1nccc(C)n1. The predicted octanol–water partition coefficient (Wildman–Crippen LogP) is 2.33. The van der Waals surface area contributed by atoms with E-state index in [1.807, 2.05) is 20.8 Å². The van der Waals surface area contributed by atoms with Gasteiger partial charge in [0.15, 0.2) is 0 Å². The molecule has 16 heavy (non-hydrogen) atoms. The lowest BCUT2D eigenvalue weighted by atomic mass is 10.0. The van der Waals surface area contributed by atoms with Gasteiger partial charge in [0.1, 0.15) is 0 Å². The third-order valence-electron chi connectivity index (χ3n) is 2.13. The second kappa shape index (κ2) is 5.39. The van der Waals surface area contributed by atoms with Gasteiger partial charge < -0.3 is 0 Å². The van der Waals surface area contributed by atoms with Crippen LogP contribution in [0.15, 0.2) is 24.4 Å². The van der Waals surface area contributed by atoms with Crippen molar-refractivity contribution in [3.8, 4) is 0 Å². The van der Waals surface area contributed by atoms with Gasteiger partial charge in [-0.15, -0.1) is 6.58 Å². The molecule has 1 rings (SSSR count). The molecule has 0 aliphatic rings. The third kappa shape index (κ3) is 3.81. The molecule has 1 heterocycles. The highest BCUT2D eigenvalue weighted by Crippen LogP contribution is 2.11. The van der Waals surface area contributed by atoms with Crippen molar-refractivity contribution in [2.24, 2.45) is 5.92 Å². The maximum absolute atomic E-state index is 11.7. The zero-order valence-electron chi connectivity index (χ0n) is 9.95. The summed E-state index contributed by atoms with van der Waals surface area (Å²) in [6.07, 6.45) is 2.30. The fourth-order valence-corrected chi connectivity index (χ4v) is 1.36. The summed E-state index contributed by atoms with van der Waals surface area (Å²) in [5, 5.41) is 2.69. The average Bonchev–Trinajstić information content (AvgIpc) is 2.16. The summed E-state index contributed by atoms with van der Waals surface area (Å²) in [5.41, 5.74) is 1.82. The van der Waals surface area contributed by atoms with Crippen molar-refractivity contribution in [2.75, 3.05) is 5.32 Å². The van der Waals surface area contributed by atoms with E-state index in [-0.39, 0.29) is 11.8 Å². The molecule has 0 saturated heterocycles. The number of nitrogens with one attached hydrogen (secondary N) is 1. The molecule has 1 atom stereocenters. The first-order chi connectivity index (χ1) is 7.49. The summed E-state index contributed by atoms with van der Waals surface area (Å²) in [5.74, 6) is 0.175. The fourth-order valence-electron chi connectivity index (χ4n) is 1.36. The molecular weight excluding hydrogens is 202 g/mol. The van der Waals surface area contributed by atoms with Crippen molar-refractivity contribution >= 4 is 11.9 Å². The Balaban J connectivity index is 2.60. The maximum Gasteiger partial charge on any atom is 0.229 e. The number of nitrogens with zero attached hydrogens (tertiary/aromatic N) is 2. The molecule has 0 fully saturated rings. The number of carbonyl (C=O) groups excluding carboxylic acids is 1. The standard InChI is InChI=1S/C12H17N3O/c1-8(2)7-9(3)11(16)15-12-13-6-5-10(4)14-12/h5-6,9H,1,7H2,2-4H3,(H,13,14,15,16)/t9-/m1/s1. The zero-order chi connectivity index (χ0) is 12.1. The summed E-state index contributed by atoms with van der Waals surface area (Å²) in [6, 6.07) is 1.78. The van der Waals surface area contributed by atoms with Crippen LogP contribution >= 0.6 is 0 Å². The van der Waals surface area contributed by atoms with Crippen LogP contribution in [0, 0.1) is 12.8 Å². The van der Waals surface area contributed by atoms with Gasteiger partial charge in [-0.2, -0.15) is 0 Å². The highest BCUT2D eigenvalue weighted by Gasteiger charge is 2.13. The van der Waals surface area contributed by atoms with E-state index in [4.69, 9.17) is 0 Å². The van der Waals surface area contributed by atoms with E-state index in [0.717, 1.165) is 11.3 Å². The van der Waals surface area contributed by atoms with E-state index in [1.165, 1.54) is 0 Å². The highest BCUT2D eigenvalue weighted by molar-refractivity contribution is 5.90. The van der Waals surface area contributed by atoms with Gasteiger partial charge in [0.25, 0.3) is 0 Å². The van der Waals surface area contributed by atoms with E-state index in [0.29, 0.717) is 12.4 Å². The predicted molar refractivity (Wildman–Crippen MR) is 64.0 cm³/mol. The largest absolute Gasteiger partial charge is 0.294 e. The molecule has 0 unspecified atom stereocenters. The van der Waals surface area contributed by atoms with Crippen LogP contribution in [0.3, 0.4) is 0 Å². The van der Waals surface area contributed by atoms with Gasteiger partial charge in [-0.1, -0.05) is 12.5 Å². The summed E-state index contributed by atoms with van der Waals surface area (Å²) >= 11 is 0. The van der Waals surface area contributed by atoms with Crippen molar-refractivity contribution in [3.05, 3.63) is 30.1 Å². The van der Waals surface area contributed by atoms with Crippen molar-refractivity contribution in [2.45, 2.75) is 27.2 Å². The van der Waals surface area contributed by atoms with Gasteiger partial charge in [0, 0.05) is 17.8 Å². The fraction of sp³-hybridized carbons (Fsp3) is 0.417. The van der Waals surface area contributed by atoms with Crippen molar-refractivity contribution < 1.29 is 4.79 Å². The van der Waals surface area contributed by atoms with Crippen LogP contribution in [-0.4, -0.2) is 15.9 Å². The van der Waals surface area contributed by atoms with Crippen LogP contribution in [0.4, 0.5) is 5.95 Å². The number of aryl methyl sites for hydroxylation is 1. The molecular formula is C12H17N3O. The number of rotatable bonds is 4. The maximum atomic E-state index is 11.7. The van der Waals surface area contributed by atoms with E-state index in [1.54, 1.807) is 12.3 Å². The number of anilines is 1. The number of amides is 1. The van der Waals surface area contributed by atoms with Crippen molar-refractivity contribution in [1.29, 1.82) is 0 Å². The minimum absolute atomic E-state index is 0.0754. The molecule has 0 aliphatic heterocycles. The topological polar surface area (TPSA) is 54.9 Å². The lowest BCUT2D eigenvalue weighted by Gasteiger charge is -2.10. The summed E-state index contributed by atoms with van der Waals surface area (Å²) in [4.78, 5) is 19.8. The molecule has 0 radical (unpaired) electrons. The Bertz CT molecular complexity index is 401. The lowest BCUT2D eigenvalue weighted by molar-refractivity contribution is -0.119. The molecule has 0 aliphatic carbocycles. The van der Waals surface area contributed by atoms with Crippen LogP contribution in [0.1, 0.15) is 26.0 Å². The van der Waals surface area contributed by atoms with Gasteiger partial charge >= 0.3 is 0 Å². The zero-order valence-corrected chi connectivity index (χ0v) is 9.95. The minimum Gasteiger partial charge on any atom is -0.294 e. The molecule has 1 aromatic heterocycles. The van der Waals surface area contributed by atoms with Gasteiger partial charge in [-0.3, -0.25) is 10.1 Å². The summed E-state index contributed by atoms with van der Waals surface area (Å²) in [7, 11) is 0. The quantitative estimate of drug-likeness (QED) is 0.791. The van der Waals surface area contributed by atoms with Gasteiger partial charge in [-0.05, 0) is 26.3 Å². The van der Waals surface area contributed by atoms with Crippen LogP contribution in [0.2, 0.25) is 0 Å². The Morgan fingerprint density at radius 2 is 2.31 bits per heavy atom. The van der Waals surface area contributed by atoms with Crippen LogP contribution in [0.25, 0.3) is 0 Å². The van der Waals surface area contributed by atoms with E-state index >= 15 is 0 Å². The minimum atomic E-state index is -0.110. The molecule has 0 saturated carbocycles. The highest BCUT2D eigenvalue weighted by atomic mass is 16.2. The molecule has 1 aromatic rings. The molecule has 0 spiro atoms. The first-order valence-corrected chi connectivity index (χ1v) is 5.24. The van der Waals surface area contributed by atoms with Crippen LogP contribution < -0.4 is 5.32 Å². The van der Waals surface area contributed by atoms with Gasteiger partial charge in [0.2, 0.25) is 11.9 Å². The lowest BCUT2D eigenvalue weighted by Crippen LogP contribution is -2.21. The monoisotopic (exact) mass is 219 g/mol. The molecule has 0 bridgehead atoms. The Morgan fingerprint density at radius 1 is 1.62 bits per heavy atom. The van der Waals surface area contributed by atoms with E-state index in [9.17, 15) is 4.79 Å². The Hall–Kier alpha value is -1.71. The van der Waals surface area contributed by atoms with Crippen LogP contribution in [0.5, 0.6) is 0 Å². The number of allylic oxidation sites excluding steroid dienone is 1. The number of hydrogen-bond acceptors (Lipinski definition) is 3. The molecule has 4 nitrogen and oxygen atoms in total. The Labute approximate surface area is 95.8 Å². The van der Waals surface area contributed by atoms with Crippen molar-refractivity contribution in [3.63, 3.8) is 0 Å². The Morgan fingerprint density at radius 3 is 2.88 bits per heavy atom. The second-order valence-corrected chi connectivity index (χ2v) is 4.07. The van der Waals surface area contributed by atoms with Gasteiger partial charge in [-0.25, -0.2) is 9.97 Å². The van der Waals surface area contributed by atoms with Crippen LogP contribution in [-0.2, 0) is 4.79 Å². The average molecular weight is 219 g/mol. The first-order valence-electron chi connectivity index (χ1n) is 5.24.